The Labute approximate surface area is 226 Å². The van der Waals surface area contributed by atoms with Crippen LogP contribution in [0.15, 0.2) is 16.1 Å². The van der Waals surface area contributed by atoms with Gasteiger partial charge in [-0.1, -0.05) is 6.08 Å². The molecule has 184 valence electrons. The van der Waals surface area contributed by atoms with Crippen LogP contribution in [0, 0.1) is 5.92 Å². The Kier molecular flexibility index (Phi) is 11.2. The van der Waals surface area contributed by atoms with E-state index in [2.05, 4.69) is 36.0 Å². The molecular weight excluding hydrogens is 535 g/mol. The maximum atomic E-state index is 4.72. The first-order valence-electron chi connectivity index (χ1n) is 11.3. The van der Waals surface area contributed by atoms with Crippen molar-refractivity contribution in [2.24, 2.45) is 5.92 Å². The monoisotopic (exact) mass is 566 g/mol. The van der Waals surface area contributed by atoms with E-state index in [4.69, 9.17) is 4.37 Å². The van der Waals surface area contributed by atoms with Crippen molar-refractivity contribution in [3.8, 4) is 0 Å². The summed E-state index contributed by atoms with van der Waals surface area (Å²) < 4.78 is 18.5. The molecule has 3 unspecified atom stereocenters. The zero-order valence-corrected chi connectivity index (χ0v) is 23.7. The molecule has 5 heterocycles. The molecule has 0 radical (unpaired) electrons. The highest BCUT2D eigenvalue weighted by Crippen LogP contribution is 2.41. The van der Waals surface area contributed by atoms with Crippen molar-refractivity contribution < 1.29 is 0 Å². The van der Waals surface area contributed by atoms with Crippen LogP contribution in [0.1, 0.15) is 49.4 Å². The van der Waals surface area contributed by atoms with E-state index in [0.717, 1.165) is 47.7 Å². The van der Waals surface area contributed by atoms with Gasteiger partial charge in [-0.3, -0.25) is 0 Å². The lowest BCUT2D eigenvalue weighted by molar-refractivity contribution is 0.269. The summed E-state index contributed by atoms with van der Waals surface area (Å²) in [6.07, 6.45) is 8.56. The zero-order valence-electron chi connectivity index (χ0n) is 18.9. The van der Waals surface area contributed by atoms with E-state index in [1.54, 1.807) is 0 Å². The van der Waals surface area contributed by atoms with Crippen molar-refractivity contribution in [2.75, 3.05) is 51.3 Å². The lowest BCUT2D eigenvalue weighted by atomic mass is 9.89. The Hall–Kier alpha value is 0.0600. The number of likely N-dealkylation sites (N-methyl/N-ethyl adjacent to an activating group) is 1. The minimum absolute atomic E-state index is 0. The third-order valence-corrected chi connectivity index (χ3v) is 9.94. The Morgan fingerprint density at radius 3 is 2.52 bits per heavy atom. The maximum Gasteiger partial charge on any atom is 0.138 e. The summed E-state index contributed by atoms with van der Waals surface area (Å²) in [7, 11) is 2.18. The molecule has 0 aromatic carbocycles. The van der Waals surface area contributed by atoms with Crippen LogP contribution < -0.4 is 0 Å². The molecule has 0 aliphatic carbocycles. The fourth-order valence-corrected chi connectivity index (χ4v) is 8.40. The van der Waals surface area contributed by atoms with Crippen LogP contribution in [-0.4, -0.2) is 78.6 Å². The molecule has 0 amide bonds. The van der Waals surface area contributed by atoms with Gasteiger partial charge >= 0.3 is 0 Å². The molecule has 33 heavy (non-hydrogen) atoms. The molecule has 2 aromatic heterocycles. The molecule has 3 aliphatic rings. The maximum absolute atomic E-state index is 4.72. The standard InChI is InChI=1S/C21H30N6S4.2ClH/c1-26-8-4-7-16(12-26)18-20(24-30-22-18)28-10-2-3-11-29-21-19(23-31-25-21)17-14-27-9-5-6-15(17)13-27;;/h7,15,17H,2-6,8-14H2,1H3;2*1H. The topological polar surface area (TPSA) is 58.0 Å². The summed E-state index contributed by atoms with van der Waals surface area (Å²) >= 11 is 6.53. The van der Waals surface area contributed by atoms with Crippen molar-refractivity contribution in [3.05, 3.63) is 17.5 Å². The van der Waals surface area contributed by atoms with E-state index in [0.29, 0.717) is 5.92 Å². The van der Waals surface area contributed by atoms with Gasteiger partial charge in [0.2, 0.25) is 0 Å². The van der Waals surface area contributed by atoms with Gasteiger partial charge in [-0.15, -0.1) is 48.3 Å². The average molecular weight is 568 g/mol. The van der Waals surface area contributed by atoms with Crippen LogP contribution in [0.3, 0.4) is 0 Å². The second kappa shape index (κ2) is 13.4. The van der Waals surface area contributed by atoms with E-state index in [9.17, 15) is 0 Å². The fraction of sp³-hybridized carbons (Fsp3) is 0.714. The zero-order chi connectivity index (χ0) is 21.0. The van der Waals surface area contributed by atoms with Gasteiger partial charge in [0.1, 0.15) is 15.7 Å². The van der Waals surface area contributed by atoms with Crippen molar-refractivity contribution in [2.45, 2.75) is 48.1 Å². The molecular formula is C21H32Cl2N6S4. The average Bonchev–Trinajstić information content (AvgIpc) is 3.49. The number of rotatable bonds is 9. The third kappa shape index (κ3) is 6.84. The molecule has 2 saturated heterocycles. The molecule has 0 saturated carbocycles. The van der Waals surface area contributed by atoms with E-state index in [-0.39, 0.29) is 24.8 Å². The molecule has 3 atom stereocenters. The highest BCUT2D eigenvalue weighted by molar-refractivity contribution is 7.99. The van der Waals surface area contributed by atoms with Crippen LogP contribution >= 0.6 is 71.8 Å². The van der Waals surface area contributed by atoms with Crippen molar-refractivity contribution in [1.29, 1.82) is 0 Å². The quantitative estimate of drug-likeness (QED) is 0.294. The number of hydrogen-bond donors (Lipinski definition) is 0. The number of unbranched alkanes of at least 4 members (excludes halogenated alkanes) is 1. The number of hydrogen-bond acceptors (Lipinski definition) is 10. The van der Waals surface area contributed by atoms with Gasteiger partial charge in [0.05, 0.1) is 29.2 Å². The number of fused-ring (bicyclic) bond motifs is 2. The Bertz CT molecular complexity index is 907. The summed E-state index contributed by atoms with van der Waals surface area (Å²) in [6, 6.07) is 0. The highest BCUT2D eigenvalue weighted by Gasteiger charge is 2.38. The predicted octanol–water partition coefficient (Wildman–Crippen LogP) is 5.43. The molecule has 3 aliphatic heterocycles. The summed E-state index contributed by atoms with van der Waals surface area (Å²) in [4.78, 5) is 4.98. The van der Waals surface area contributed by atoms with Crippen LogP contribution in [0.25, 0.3) is 5.57 Å². The summed E-state index contributed by atoms with van der Waals surface area (Å²) in [5.74, 6) is 3.64. The largest absolute Gasteiger partial charge is 0.302 e. The van der Waals surface area contributed by atoms with Crippen molar-refractivity contribution in [3.63, 3.8) is 0 Å². The molecule has 2 fully saturated rings. The third-order valence-electron chi connectivity index (χ3n) is 6.52. The van der Waals surface area contributed by atoms with E-state index in [1.165, 1.54) is 85.1 Å². The second-order valence-corrected chi connectivity index (χ2v) is 12.0. The molecule has 0 spiro atoms. The Morgan fingerprint density at radius 2 is 1.73 bits per heavy atom. The number of nitrogens with zero attached hydrogens (tertiary/aromatic N) is 6. The van der Waals surface area contributed by atoms with Gasteiger partial charge in [-0.25, -0.2) is 0 Å². The molecule has 0 N–H and O–H groups in total. The molecule has 5 rings (SSSR count). The predicted molar refractivity (Wildman–Crippen MR) is 147 cm³/mol. The second-order valence-electron chi connectivity index (χ2n) is 8.80. The summed E-state index contributed by atoms with van der Waals surface area (Å²) in [6.45, 7) is 5.85. The first-order valence-corrected chi connectivity index (χ1v) is 14.7. The van der Waals surface area contributed by atoms with Gasteiger partial charge in [0.15, 0.2) is 0 Å². The van der Waals surface area contributed by atoms with Gasteiger partial charge in [-0.05, 0) is 68.7 Å². The Balaban J connectivity index is 0.00000153. The van der Waals surface area contributed by atoms with Crippen molar-refractivity contribution in [1.82, 2.24) is 27.3 Å². The lowest BCUT2D eigenvalue weighted by Crippen LogP contribution is -2.25. The molecule has 2 bridgehead atoms. The van der Waals surface area contributed by atoms with Gasteiger partial charge in [0.25, 0.3) is 0 Å². The number of piperidine rings is 1. The van der Waals surface area contributed by atoms with Gasteiger partial charge in [0, 0.05) is 32.1 Å². The van der Waals surface area contributed by atoms with E-state index in [1.807, 2.05) is 23.5 Å². The SMILES string of the molecule is CN1CCC=C(c2nsnc2SCCCCSc2nsnc2C2CN3CCCC2C3)C1.Cl.Cl. The fourth-order valence-electron chi connectivity index (χ4n) is 4.91. The van der Waals surface area contributed by atoms with E-state index >= 15 is 0 Å². The van der Waals surface area contributed by atoms with Crippen LogP contribution in [0.2, 0.25) is 0 Å². The number of aromatic nitrogens is 4. The number of thioether (sulfide) groups is 2. The van der Waals surface area contributed by atoms with Gasteiger partial charge < -0.3 is 9.80 Å². The van der Waals surface area contributed by atoms with Crippen molar-refractivity contribution >= 4 is 77.4 Å². The van der Waals surface area contributed by atoms with Crippen LogP contribution in [0.4, 0.5) is 0 Å². The molecule has 12 heteroatoms. The molecule has 2 aromatic rings. The summed E-state index contributed by atoms with van der Waals surface area (Å²) in [5, 5.41) is 2.32. The normalized spacial score (nSPS) is 24.8. The minimum atomic E-state index is 0. The van der Waals surface area contributed by atoms with Crippen LogP contribution in [-0.2, 0) is 0 Å². The minimum Gasteiger partial charge on any atom is -0.302 e. The Morgan fingerprint density at radius 1 is 0.970 bits per heavy atom. The van der Waals surface area contributed by atoms with Crippen LogP contribution in [0.5, 0.6) is 0 Å². The smallest absolute Gasteiger partial charge is 0.138 e. The first kappa shape index (κ1) is 27.6. The van der Waals surface area contributed by atoms with Gasteiger partial charge in [-0.2, -0.15) is 17.5 Å². The number of halogens is 2. The first-order chi connectivity index (χ1) is 15.3. The lowest BCUT2D eigenvalue weighted by Gasteiger charge is -2.22. The summed E-state index contributed by atoms with van der Waals surface area (Å²) in [5.41, 5.74) is 3.76. The highest BCUT2D eigenvalue weighted by atomic mass is 35.5. The van der Waals surface area contributed by atoms with E-state index < -0.39 is 0 Å². The molecule has 6 nitrogen and oxygen atoms in total.